The van der Waals surface area contributed by atoms with E-state index in [2.05, 4.69) is 20.0 Å². The lowest BCUT2D eigenvalue weighted by molar-refractivity contribution is -0.152. The fourth-order valence-electron chi connectivity index (χ4n) is 5.63. The molecule has 1 aliphatic carbocycles. The number of ether oxygens (including phenoxy) is 3. The highest BCUT2D eigenvalue weighted by Crippen LogP contribution is 2.50. The Labute approximate surface area is 265 Å². The van der Waals surface area contributed by atoms with E-state index in [1.807, 2.05) is 0 Å². The second kappa shape index (κ2) is 13.8. The Bertz CT molecular complexity index is 1560. The molecule has 46 heavy (non-hydrogen) atoms. The number of carbonyl (C=O) groups excluding carboxylic acids is 1. The van der Waals surface area contributed by atoms with Crippen molar-refractivity contribution in [2.45, 2.75) is 88.6 Å². The van der Waals surface area contributed by atoms with Crippen molar-refractivity contribution in [2.24, 2.45) is 0 Å². The number of anilines is 1. The van der Waals surface area contributed by atoms with Gasteiger partial charge in [0.2, 0.25) is 11.8 Å². The molecule has 0 radical (unpaired) electrons. The van der Waals surface area contributed by atoms with Gasteiger partial charge in [0, 0.05) is 0 Å². The molecule has 1 saturated heterocycles. The van der Waals surface area contributed by atoms with Crippen LogP contribution in [0.2, 0.25) is 0 Å². The lowest BCUT2D eigenvalue weighted by Crippen LogP contribution is -2.53. The van der Waals surface area contributed by atoms with Crippen LogP contribution >= 0.6 is 7.75 Å². The number of nitrogens with zero attached hydrogens (tertiary/aromatic N) is 4. The first-order chi connectivity index (χ1) is 21.9. The van der Waals surface area contributed by atoms with Gasteiger partial charge in [0.05, 0.1) is 19.5 Å². The Morgan fingerprint density at radius 2 is 1.98 bits per heavy atom. The van der Waals surface area contributed by atoms with Crippen LogP contribution in [0.25, 0.3) is 11.2 Å². The summed E-state index contributed by atoms with van der Waals surface area (Å²) in [6.45, 7) is 2.43. The zero-order valence-electron chi connectivity index (χ0n) is 25.9. The Morgan fingerprint density at radius 3 is 2.65 bits per heavy atom. The van der Waals surface area contributed by atoms with Crippen molar-refractivity contribution < 1.29 is 47.2 Å². The van der Waals surface area contributed by atoms with Crippen molar-refractivity contribution >= 4 is 30.8 Å². The van der Waals surface area contributed by atoms with Gasteiger partial charge in [-0.2, -0.15) is 15.1 Å². The van der Waals surface area contributed by atoms with E-state index in [0.29, 0.717) is 0 Å². The molecule has 6 atom stereocenters. The van der Waals surface area contributed by atoms with Gasteiger partial charge >= 0.3 is 13.7 Å². The van der Waals surface area contributed by atoms with Crippen LogP contribution in [-0.4, -0.2) is 85.0 Å². The van der Waals surface area contributed by atoms with Crippen molar-refractivity contribution in [1.82, 2.24) is 24.6 Å². The number of aliphatic hydroxyl groups excluding tert-OH is 1. The molecule has 1 unspecified atom stereocenters. The minimum atomic E-state index is -4.48. The highest BCUT2D eigenvalue weighted by atomic mass is 31.2. The van der Waals surface area contributed by atoms with Crippen LogP contribution in [0.5, 0.6) is 11.6 Å². The summed E-state index contributed by atoms with van der Waals surface area (Å²) in [6.07, 6.45) is 2.05. The molecule has 2 aliphatic rings. The first-order valence-electron chi connectivity index (χ1n) is 15.2. The molecule has 2 fully saturated rings. The van der Waals surface area contributed by atoms with Gasteiger partial charge in [0.25, 0.3) is 0 Å². The molecule has 3 heterocycles. The number of fused-ring (bicyclic) bond motifs is 1. The Hall–Kier alpha value is -3.40. The zero-order chi connectivity index (χ0) is 33.1. The maximum Gasteiger partial charge on any atom is 0.459 e. The molecule has 1 aliphatic heterocycles. The minimum Gasteiger partial charge on any atom is -0.476 e. The van der Waals surface area contributed by atoms with Crippen molar-refractivity contribution in [3.05, 3.63) is 36.7 Å². The number of aliphatic hydroxyl groups is 2. The number of hydrogen-bond donors (Lipinski definition) is 4. The van der Waals surface area contributed by atoms with E-state index in [-0.39, 0.29) is 41.5 Å². The fourth-order valence-corrected chi connectivity index (χ4v) is 7.17. The summed E-state index contributed by atoms with van der Waals surface area (Å²) in [6, 6.07) is 6.88. The summed E-state index contributed by atoms with van der Waals surface area (Å²) in [5, 5.41) is 25.4. The average molecular weight is 667 g/mol. The summed E-state index contributed by atoms with van der Waals surface area (Å²) in [7, 11) is -4.48. The minimum absolute atomic E-state index is 0.0863. The van der Waals surface area contributed by atoms with E-state index in [1.54, 1.807) is 25.1 Å². The lowest BCUT2D eigenvalue weighted by atomic mass is 9.88. The Morgan fingerprint density at radius 1 is 1.26 bits per heavy atom. The number of alkyl halides is 1. The molecular weight excluding hydrogens is 626 g/mol. The second-order valence-corrected chi connectivity index (χ2v) is 13.4. The second-order valence-electron chi connectivity index (χ2n) is 11.7. The fraction of sp³-hybridized carbons (Fsp3) is 0.586. The maximum absolute atomic E-state index is 15.0. The molecule has 17 heteroatoms. The molecule has 1 saturated carbocycles. The summed E-state index contributed by atoms with van der Waals surface area (Å²) in [5.41, 5.74) is 1.75. The van der Waals surface area contributed by atoms with Crippen LogP contribution in [0.1, 0.15) is 59.1 Å². The monoisotopic (exact) mass is 666 g/mol. The van der Waals surface area contributed by atoms with Crippen LogP contribution in [0.15, 0.2) is 36.7 Å². The summed E-state index contributed by atoms with van der Waals surface area (Å²) < 4.78 is 58.9. The van der Waals surface area contributed by atoms with E-state index in [1.165, 1.54) is 36.9 Å². The number of nitrogen functional groups attached to an aromatic ring is 1. The van der Waals surface area contributed by atoms with Crippen molar-refractivity contribution in [3.8, 4) is 11.6 Å². The lowest BCUT2D eigenvalue weighted by Gasteiger charge is -2.32. The van der Waals surface area contributed by atoms with Crippen LogP contribution in [0.4, 0.5) is 10.3 Å². The SMILES string of the molecule is CCOc1nc(N)nc2c1ncn2[C@@H]1O[C@](CF)(COP(=O)(N[C@@H](C)C(=O)OC2CCCCC2)Oc2ccccc2)[C@@H](O)[C@@]1(C)O. The average Bonchev–Trinajstić information content (AvgIpc) is 3.53. The van der Waals surface area contributed by atoms with E-state index >= 15 is 0 Å². The number of carbonyl (C=O) groups is 1. The number of halogens is 1. The summed E-state index contributed by atoms with van der Waals surface area (Å²) in [4.78, 5) is 25.4. The number of hydrogen-bond acceptors (Lipinski definition) is 13. The zero-order valence-corrected chi connectivity index (χ0v) is 26.8. The Balaban J connectivity index is 1.40. The largest absolute Gasteiger partial charge is 0.476 e. The third-order valence-corrected chi connectivity index (χ3v) is 9.68. The molecule has 252 valence electrons. The van der Waals surface area contributed by atoms with E-state index < -0.39 is 56.6 Å². The first kappa shape index (κ1) is 33.9. The number of nitrogens with two attached hydrogens (primary N) is 1. The van der Waals surface area contributed by atoms with Gasteiger partial charge in [-0.3, -0.25) is 13.9 Å². The number of esters is 1. The van der Waals surface area contributed by atoms with Gasteiger partial charge in [-0.15, -0.1) is 0 Å². The van der Waals surface area contributed by atoms with Gasteiger partial charge in [-0.1, -0.05) is 24.6 Å². The maximum atomic E-state index is 15.0. The number of rotatable bonds is 13. The van der Waals surface area contributed by atoms with E-state index in [4.69, 9.17) is 29.0 Å². The van der Waals surface area contributed by atoms with Crippen LogP contribution in [0, 0.1) is 0 Å². The normalized spacial score (nSPS) is 27.3. The van der Waals surface area contributed by atoms with Crippen molar-refractivity contribution in [2.75, 3.05) is 25.6 Å². The van der Waals surface area contributed by atoms with Gasteiger partial charge in [0.15, 0.2) is 23.0 Å². The van der Waals surface area contributed by atoms with Crippen LogP contribution in [0.3, 0.4) is 0 Å². The molecule has 0 bridgehead atoms. The Kier molecular flexibility index (Phi) is 10.2. The molecule has 1 aromatic carbocycles. The number of nitrogens with one attached hydrogen (secondary N) is 1. The topological polar surface area (TPSA) is 202 Å². The highest BCUT2D eigenvalue weighted by molar-refractivity contribution is 7.52. The summed E-state index contributed by atoms with van der Waals surface area (Å²) >= 11 is 0. The van der Waals surface area contributed by atoms with Crippen molar-refractivity contribution in [1.29, 1.82) is 0 Å². The number of imidazole rings is 1. The highest BCUT2D eigenvalue weighted by Gasteiger charge is 2.63. The van der Waals surface area contributed by atoms with E-state index in [9.17, 15) is 24.0 Å². The molecule has 3 aromatic rings. The molecule has 0 amide bonds. The first-order valence-corrected chi connectivity index (χ1v) is 16.7. The third kappa shape index (κ3) is 6.97. The predicted molar refractivity (Wildman–Crippen MR) is 163 cm³/mol. The predicted octanol–water partition coefficient (Wildman–Crippen LogP) is 3.21. The van der Waals surface area contributed by atoms with Gasteiger partial charge < -0.3 is 34.7 Å². The molecule has 5 rings (SSSR count). The van der Waals surface area contributed by atoms with Gasteiger partial charge in [-0.25, -0.2) is 13.9 Å². The number of benzene rings is 1. The van der Waals surface area contributed by atoms with Gasteiger partial charge in [0.1, 0.15) is 36.3 Å². The summed E-state index contributed by atoms with van der Waals surface area (Å²) in [5.74, 6) is -0.599. The molecule has 5 N–H and O–H groups in total. The molecule has 15 nitrogen and oxygen atoms in total. The smallest absolute Gasteiger partial charge is 0.459 e. The third-order valence-electron chi connectivity index (χ3n) is 8.05. The van der Waals surface area contributed by atoms with Crippen molar-refractivity contribution in [3.63, 3.8) is 0 Å². The molecule has 2 aromatic heterocycles. The molecule has 0 spiro atoms. The standard InChI is InChI=1S/C29H40FN6O9P/c1-4-41-23-21-22(33-27(31)34-23)36(17-32-21)26-28(3,39)25(38)29(15-30,44-26)16-42-46(40,45-20-13-9-6-10-14-20)35-18(2)24(37)43-19-11-7-5-8-12-19/h6,9-10,13-14,17-19,25-26,38-39H,4-5,7-8,11-12,15-16H2,1-3H3,(H,35,40)(H2,31,33,34)/t18-,25-,26+,28+,29+,46?/m0/s1. The quantitative estimate of drug-likeness (QED) is 0.153. The van der Waals surface area contributed by atoms with Crippen LogP contribution < -0.4 is 20.1 Å². The van der Waals surface area contributed by atoms with Crippen LogP contribution in [-0.2, 0) is 23.4 Å². The molecular formula is C29H40FN6O9P. The van der Waals surface area contributed by atoms with E-state index in [0.717, 1.165) is 32.1 Å². The number of para-hydroxylation sites is 1. The van der Waals surface area contributed by atoms with Gasteiger partial charge in [-0.05, 0) is 58.6 Å². The number of aromatic nitrogens is 4.